The highest BCUT2D eigenvalue weighted by Crippen LogP contribution is 2.16. The van der Waals surface area contributed by atoms with E-state index in [1.807, 2.05) is 6.92 Å². The Labute approximate surface area is 92.0 Å². The van der Waals surface area contributed by atoms with Crippen LogP contribution in [0.4, 0.5) is 13.2 Å². The van der Waals surface area contributed by atoms with Crippen molar-refractivity contribution in [3.8, 4) is 0 Å². The normalized spacial score (nSPS) is 11.2. The van der Waals surface area contributed by atoms with Crippen LogP contribution in [-0.2, 0) is 14.3 Å². The van der Waals surface area contributed by atoms with Crippen molar-refractivity contribution < 1.29 is 27.5 Å². The van der Waals surface area contributed by atoms with E-state index in [1.54, 1.807) is 0 Å². The SMILES string of the molecule is CCCCCCC(=O)COC(=O)C(F)(F)F. The van der Waals surface area contributed by atoms with Crippen molar-refractivity contribution >= 4 is 11.8 Å². The van der Waals surface area contributed by atoms with E-state index in [4.69, 9.17) is 0 Å². The molecule has 0 amide bonds. The Bertz CT molecular complexity index is 236. The van der Waals surface area contributed by atoms with Gasteiger partial charge in [-0.2, -0.15) is 13.2 Å². The first-order valence-corrected chi connectivity index (χ1v) is 5.13. The van der Waals surface area contributed by atoms with Gasteiger partial charge in [0, 0.05) is 6.42 Å². The van der Waals surface area contributed by atoms with Crippen molar-refractivity contribution in [2.24, 2.45) is 0 Å². The van der Waals surface area contributed by atoms with E-state index < -0.39 is 24.5 Å². The lowest BCUT2D eigenvalue weighted by Gasteiger charge is -2.06. The van der Waals surface area contributed by atoms with Crippen LogP contribution in [0.25, 0.3) is 0 Å². The summed E-state index contributed by atoms with van der Waals surface area (Å²) in [6.07, 6.45) is -1.40. The number of hydrogen-bond donors (Lipinski definition) is 0. The number of halogens is 3. The predicted molar refractivity (Wildman–Crippen MR) is 50.8 cm³/mol. The maximum Gasteiger partial charge on any atom is 0.490 e. The van der Waals surface area contributed by atoms with Gasteiger partial charge in [-0.05, 0) is 6.42 Å². The van der Waals surface area contributed by atoms with Crippen LogP contribution in [0.2, 0.25) is 0 Å². The van der Waals surface area contributed by atoms with Crippen LogP contribution in [0, 0.1) is 0 Å². The first kappa shape index (κ1) is 14.9. The molecular weight excluding hydrogens is 225 g/mol. The molecule has 0 unspecified atom stereocenters. The van der Waals surface area contributed by atoms with Crippen molar-refractivity contribution in [2.75, 3.05) is 6.61 Å². The number of carbonyl (C=O) groups is 2. The van der Waals surface area contributed by atoms with Crippen LogP contribution in [0.15, 0.2) is 0 Å². The Balaban J connectivity index is 3.62. The van der Waals surface area contributed by atoms with Gasteiger partial charge in [-0.25, -0.2) is 4.79 Å². The Morgan fingerprint density at radius 1 is 1.12 bits per heavy atom. The minimum atomic E-state index is -5.03. The van der Waals surface area contributed by atoms with Crippen LogP contribution in [-0.4, -0.2) is 24.5 Å². The second-order valence-corrected chi connectivity index (χ2v) is 3.42. The summed E-state index contributed by atoms with van der Waals surface area (Å²) in [7, 11) is 0. The highest BCUT2D eigenvalue weighted by molar-refractivity contribution is 5.83. The number of rotatable bonds is 7. The molecule has 0 aliphatic heterocycles. The summed E-state index contributed by atoms with van der Waals surface area (Å²) in [6, 6.07) is 0. The van der Waals surface area contributed by atoms with Gasteiger partial charge in [0.15, 0.2) is 5.78 Å². The zero-order valence-corrected chi connectivity index (χ0v) is 9.10. The maximum absolute atomic E-state index is 11.7. The molecule has 16 heavy (non-hydrogen) atoms. The van der Waals surface area contributed by atoms with Crippen LogP contribution in [0.1, 0.15) is 39.0 Å². The van der Waals surface area contributed by atoms with Gasteiger partial charge in [0.05, 0.1) is 0 Å². The van der Waals surface area contributed by atoms with Crippen molar-refractivity contribution in [1.29, 1.82) is 0 Å². The van der Waals surface area contributed by atoms with Gasteiger partial charge < -0.3 is 4.74 Å². The number of carbonyl (C=O) groups excluding carboxylic acids is 2. The van der Waals surface area contributed by atoms with E-state index in [0.29, 0.717) is 6.42 Å². The molecule has 0 fully saturated rings. The van der Waals surface area contributed by atoms with Gasteiger partial charge in [-0.15, -0.1) is 0 Å². The highest BCUT2D eigenvalue weighted by Gasteiger charge is 2.41. The summed E-state index contributed by atoms with van der Waals surface area (Å²) < 4.78 is 38.8. The number of hydrogen-bond acceptors (Lipinski definition) is 3. The molecule has 0 aliphatic rings. The minimum absolute atomic E-state index is 0.158. The Morgan fingerprint density at radius 3 is 2.25 bits per heavy atom. The second kappa shape index (κ2) is 7.24. The van der Waals surface area contributed by atoms with E-state index in [1.165, 1.54) is 0 Å². The van der Waals surface area contributed by atoms with Gasteiger partial charge in [-0.1, -0.05) is 26.2 Å². The average molecular weight is 240 g/mol. The predicted octanol–water partition coefficient (Wildman–Crippen LogP) is 2.63. The molecule has 0 rings (SSSR count). The van der Waals surface area contributed by atoms with E-state index >= 15 is 0 Å². The number of alkyl halides is 3. The van der Waals surface area contributed by atoms with Crippen molar-refractivity contribution in [3.05, 3.63) is 0 Å². The van der Waals surface area contributed by atoms with E-state index in [0.717, 1.165) is 19.3 Å². The van der Waals surface area contributed by atoms with Crippen molar-refractivity contribution in [1.82, 2.24) is 0 Å². The summed E-state index contributed by atoms with van der Waals surface area (Å²) in [5, 5.41) is 0. The fourth-order valence-electron chi connectivity index (χ4n) is 1.05. The molecule has 6 heteroatoms. The fraction of sp³-hybridized carbons (Fsp3) is 0.800. The third kappa shape index (κ3) is 7.25. The topological polar surface area (TPSA) is 43.4 Å². The molecule has 0 heterocycles. The molecule has 0 aromatic heterocycles. The first-order chi connectivity index (χ1) is 7.38. The Kier molecular flexibility index (Phi) is 6.76. The standard InChI is InChI=1S/C10H15F3O3/c1-2-3-4-5-6-8(14)7-16-9(15)10(11,12)13/h2-7H2,1H3. The first-order valence-electron chi connectivity index (χ1n) is 5.13. The number of Topliss-reactive ketones (excluding diaryl/α,β-unsaturated/α-hetero) is 1. The number of ketones is 1. The molecule has 0 spiro atoms. The third-order valence-corrected chi connectivity index (χ3v) is 1.90. The quantitative estimate of drug-likeness (QED) is 0.507. The molecule has 94 valence electrons. The molecule has 0 aliphatic carbocycles. The molecule has 3 nitrogen and oxygen atoms in total. The zero-order valence-electron chi connectivity index (χ0n) is 9.10. The van der Waals surface area contributed by atoms with Gasteiger partial charge in [-0.3, -0.25) is 4.79 Å². The smallest absolute Gasteiger partial charge is 0.451 e. The largest absolute Gasteiger partial charge is 0.490 e. The molecule has 0 bridgehead atoms. The van der Waals surface area contributed by atoms with Crippen LogP contribution >= 0.6 is 0 Å². The van der Waals surface area contributed by atoms with Gasteiger partial charge >= 0.3 is 12.1 Å². The zero-order chi connectivity index (χ0) is 12.6. The van der Waals surface area contributed by atoms with Gasteiger partial charge in [0.2, 0.25) is 0 Å². The van der Waals surface area contributed by atoms with Crippen LogP contribution in [0.5, 0.6) is 0 Å². The fourth-order valence-corrected chi connectivity index (χ4v) is 1.05. The molecule has 0 aromatic rings. The summed E-state index contributed by atoms with van der Waals surface area (Å²) >= 11 is 0. The van der Waals surface area contributed by atoms with E-state index in [2.05, 4.69) is 4.74 Å². The van der Waals surface area contributed by atoms with Gasteiger partial charge in [0.25, 0.3) is 0 Å². The van der Waals surface area contributed by atoms with Crippen LogP contribution < -0.4 is 0 Å². The lowest BCUT2D eigenvalue weighted by atomic mass is 10.1. The summed E-state index contributed by atoms with van der Waals surface area (Å²) in [5.74, 6) is -2.79. The Hall–Kier alpha value is -1.07. The van der Waals surface area contributed by atoms with Crippen molar-refractivity contribution in [3.63, 3.8) is 0 Å². The molecule has 0 radical (unpaired) electrons. The molecule has 0 atom stereocenters. The lowest BCUT2D eigenvalue weighted by Crippen LogP contribution is -2.27. The lowest BCUT2D eigenvalue weighted by molar-refractivity contribution is -0.199. The monoisotopic (exact) mass is 240 g/mol. The summed E-state index contributed by atoms with van der Waals surface area (Å²) in [4.78, 5) is 21.2. The highest BCUT2D eigenvalue weighted by atomic mass is 19.4. The summed E-state index contributed by atoms with van der Waals surface area (Å²) in [6.45, 7) is 1.22. The van der Waals surface area contributed by atoms with Crippen LogP contribution in [0.3, 0.4) is 0 Å². The minimum Gasteiger partial charge on any atom is -0.451 e. The number of ether oxygens (including phenoxy) is 1. The van der Waals surface area contributed by atoms with Crippen molar-refractivity contribution in [2.45, 2.75) is 45.2 Å². The molecule has 0 saturated heterocycles. The Morgan fingerprint density at radius 2 is 1.75 bits per heavy atom. The second-order valence-electron chi connectivity index (χ2n) is 3.42. The number of esters is 1. The third-order valence-electron chi connectivity index (χ3n) is 1.90. The average Bonchev–Trinajstić information content (AvgIpc) is 2.19. The number of unbranched alkanes of at least 4 members (excludes halogenated alkanes) is 3. The summed E-state index contributed by atoms with van der Waals surface area (Å²) in [5.41, 5.74) is 0. The van der Waals surface area contributed by atoms with E-state index in [9.17, 15) is 22.8 Å². The molecule has 0 saturated carbocycles. The molecular formula is C10H15F3O3. The molecule has 0 aromatic carbocycles. The van der Waals surface area contributed by atoms with E-state index in [-0.39, 0.29) is 6.42 Å². The van der Waals surface area contributed by atoms with Gasteiger partial charge in [0.1, 0.15) is 6.61 Å². The maximum atomic E-state index is 11.7. The molecule has 0 N–H and O–H groups in total.